The fourth-order valence-corrected chi connectivity index (χ4v) is 1.51. The van der Waals surface area contributed by atoms with E-state index in [1.165, 1.54) is 7.11 Å². The lowest BCUT2D eigenvalue weighted by molar-refractivity contribution is 0.0600. The molecule has 1 rings (SSSR count). The molecule has 0 aromatic heterocycles. The lowest BCUT2D eigenvalue weighted by Gasteiger charge is -2.08. The summed E-state index contributed by atoms with van der Waals surface area (Å²) in [5.74, 6) is 0.268. The minimum atomic E-state index is -0.362. The van der Waals surface area contributed by atoms with Crippen LogP contribution in [0.5, 0.6) is 5.75 Å². The first-order valence-electron chi connectivity index (χ1n) is 5.02. The highest BCUT2D eigenvalue weighted by atomic mass is 79.9. The van der Waals surface area contributed by atoms with Gasteiger partial charge in [0, 0.05) is 0 Å². The number of methoxy groups -OCH3 is 2. The molecular formula is C12H17BrO3. The van der Waals surface area contributed by atoms with Crippen LogP contribution in [0.1, 0.15) is 29.8 Å². The highest BCUT2D eigenvalue weighted by molar-refractivity contribution is 9.10. The third kappa shape index (κ3) is 3.52. The molecule has 0 bridgehead atoms. The van der Waals surface area contributed by atoms with E-state index in [2.05, 4.69) is 20.7 Å². The van der Waals surface area contributed by atoms with Crippen molar-refractivity contribution in [1.29, 1.82) is 0 Å². The summed E-state index contributed by atoms with van der Waals surface area (Å²) in [4.78, 5) is 11.3. The molecule has 1 aromatic carbocycles. The molecule has 0 spiro atoms. The smallest absolute Gasteiger partial charge is 0.337 e. The van der Waals surface area contributed by atoms with Crippen molar-refractivity contribution < 1.29 is 14.3 Å². The summed E-state index contributed by atoms with van der Waals surface area (Å²) in [6, 6.07) is 3.39. The Kier molecular flexibility index (Phi) is 6.81. The number of hydrogen-bond acceptors (Lipinski definition) is 3. The van der Waals surface area contributed by atoms with Crippen molar-refractivity contribution in [2.45, 2.75) is 20.8 Å². The Morgan fingerprint density at radius 1 is 1.25 bits per heavy atom. The molecule has 0 saturated heterocycles. The molecule has 0 aliphatic heterocycles. The second-order valence-electron chi connectivity index (χ2n) is 2.80. The van der Waals surface area contributed by atoms with E-state index in [-0.39, 0.29) is 5.97 Å². The van der Waals surface area contributed by atoms with Gasteiger partial charge in [-0.05, 0) is 40.5 Å². The van der Waals surface area contributed by atoms with Gasteiger partial charge in [0.1, 0.15) is 5.75 Å². The lowest BCUT2D eigenvalue weighted by Crippen LogP contribution is -2.02. The molecule has 0 fully saturated rings. The first-order chi connectivity index (χ1) is 7.60. The van der Waals surface area contributed by atoms with Crippen LogP contribution in [-0.2, 0) is 4.74 Å². The molecule has 0 aliphatic carbocycles. The van der Waals surface area contributed by atoms with Crippen LogP contribution < -0.4 is 4.74 Å². The van der Waals surface area contributed by atoms with E-state index in [1.54, 1.807) is 19.2 Å². The zero-order chi connectivity index (χ0) is 12.7. The standard InChI is InChI=1S/C10H11BrO3.C2H6/c1-6-4-7(10(12)14-3)5-8(13-2)9(6)11;1-2/h4-5H,1-3H3;1-2H3. The quantitative estimate of drug-likeness (QED) is 0.781. The number of carbonyl (C=O) groups is 1. The van der Waals surface area contributed by atoms with Crippen molar-refractivity contribution in [3.8, 4) is 5.75 Å². The minimum Gasteiger partial charge on any atom is -0.496 e. The Balaban J connectivity index is 0.00000106. The fraction of sp³-hybridized carbons (Fsp3) is 0.417. The number of hydrogen-bond donors (Lipinski definition) is 0. The predicted octanol–water partition coefficient (Wildman–Crippen LogP) is 3.58. The Bertz CT molecular complexity index is 362. The SMILES string of the molecule is CC.COC(=O)c1cc(C)c(Br)c(OC)c1. The molecule has 0 amide bonds. The number of ether oxygens (including phenoxy) is 2. The van der Waals surface area contributed by atoms with E-state index >= 15 is 0 Å². The number of halogens is 1. The number of esters is 1. The van der Waals surface area contributed by atoms with E-state index in [1.807, 2.05) is 20.8 Å². The summed E-state index contributed by atoms with van der Waals surface area (Å²) in [5.41, 5.74) is 1.43. The largest absolute Gasteiger partial charge is 0.496 e. The molecule has 0 atom stereocenters. The highest BCUT2D eigenvalue weighted by Gasteiger charge is 2.11. The van der Waals surface area contributed by atoms with Crippen LogP contribution in [0.15, 0.2) is 16.6 Å². The molecule has 0 saturated carbocycles. The number of carbonyl (C=O) groups excluding carboxylic acids is 1. The lowest BCUT2D eigenvalue weighted by atomic mass is 10.1. The maximum Gasteiger partial charge on any atom is 0.337 e. The van der Waals surface area contributed by atoms with Crippen LogP contribution in [0.3, 0.4) is 0 Å². The Hall–Kier alpha value is -1.03. The third-order valence-electron chi connectivity index (χ3n) is 1.86. The summed E-state index contributed by atoms with van der Waals surface area (Å²) in [7, 11) is 2.91. The van der Waals surface area contributed by atoms with Crippen LogP contribution in [0.4, 0.5) is 0 Å². The first kappa shape index (κ1) is 15.0. The van der Waals surface area contributed by atoms with Crippen LogP contribution in [-0.4, -0.2) is 20.2 Å². The summed E-state index contributed by atoms with van der Waals surface area (Å²) in [6.07, 6.45) is 0. The van der Waals surface area contributed by atoms with Gasteiger partial charge in [0.25, 0.3) is 0 Å². The van der Waals surface area contributed by atoms with E-state index < -0.39 is 0 Å². The monoisotopic (exact) mass is 288 g/mol. The summed E-state index contributed by atoms with van der Waals surface area (Å²) in [5, 5.41) is 0. The zero-order valence-electron chi connectivity index (χ0n) is 10.3. The van der Waals surface area contributed by atoms with E-state index in [0.29, 0.717) is 11.3 Å². The van der Waals surface area contributed by atoms with Gasteiger partial charge >= 0.3 is 5.97 Å². The van der Waals surface area contributed by atoms with Gasteiger partial charge in [-0.25, -0.2) is 4.79 Å². The molecule has 3 nitrogen and oxygen atoms in total. The molecule has 1 aromatic rings. The minimum absolute atomic E-state index is 0.362. The number of rotatable bonds is 2. The van der Waals surface area contributed by atoms with Crippen molar-refractivity contribution in [2.75, 3.05) is 14.2 Å². The topological polar surface area (TPSA) is 35.5 Å². The molecule has 0 aliphatic rings. The molecule has 0 unspecified atom stereocenters. The van der Waals surface area contributed by atoms with Gasteiger partial charge < -0.3 is 9.47 Å². The maximum atomic E-state index is 11.3. The van der Waals surface area contributed by atoms with Crippen LogP contribution in [0.25, 0.3) is 0 Å². The molecule has 0 radical (unpaired) electrons. The normalized spacial score (nSPS) is 8.88. The second kappa shape index (κ2) is 7.28. The summed E-state index contributed by atoms with van der Waals surface area (Å²) < 4.78 is 10.6. The predicted molar refractivity (Wildman–Crippen MR) is 68.1 cm³/mol. The van der Waals surface area contributed by atoms with Crippen molar-refractivity contribution in [3.05, 3.63) is 27.7 Å². The van der Waals surface area contributed by atoms with E-state index in [4.69, 9.17) is 4.74 Å². The van der Waals surface area contributed by atoms with Gasteiger partial charge in [-0.1, -0.05) is 13.8 Å². The number of aryl methyl sites for hydroxylation is 1. The van der Waals surface area contributed by atoms with Gasteiger partial charge in [0.05, 0.1) is 24.3 Å². The molecule has 16 heavy (non-hydrogen) atoms. The number of benzene rings is 1. The van der Waals surface area contributed by atoms with Crippen molar-refractivity contribution in [2.24, 2.45) is 0 Å². The van der Waals surface area contributed by atoms with Crippen molar-refractivity contribution in [3.63, 3.8) is 0 Å². The molecule has 90 valence electrons. The summed E-state index contributed by atoms with van der Waals surface area (Å²) >= 11 is 3.37. The van der Waals surface area contributed by atoms with Gasteiger partial charge in [0.15, 0.2) is 0 Å². The highest BCUT2D eigenvalue weighted by Crippen LogP contribution is 2.29. The van der Waals surface area contributed by atoms with Crippen molar-refractivity contribution >= 4 is 21.9 Å². The van der Waals surface area contributed by atoms with Gasteiger partial charge in [0.2, 0.25) is 0 Å². The zero-order valence-corrected chi connectivity index (χ0v) is 11.8. The maximum absolute atomic E-state index is 11.3. The average molecular weight is 289 g/mol. The Labute approximate surface area is 105 Å². The van der Waals surface area contributed by atoms with Crippen molar-refractivity contribution in [1.82, 2.24) is 0 Å². The summed E-state index contributed by atoms with van der Waals surface area (Å²) in [6.45, 7) is 5.89. The first-order valence-corrected chi connectivity index (χ1v) is 5.82. The van der Waals surface area contributed by atoms with Crippen LogP contribution >= 0.6 is 15.9 Å². The fourth-order valence-electron chi connectivity index (χ4n) is 1.12. The van der Waals surface area contributed by atoms with Gasteiger partial charge in [-0.2, -0.15) is 0 Å². The molecule has 0 N–H and O–H groups in total. The van der Waals surface area contributed by atoms with Crippen LogP contribution in [0, 0.1) is 6.92 Å². The second-order valence-corrected chi connectivity index (χ2v) is 3.59. The van der Waals surface area contributed by atoms with Crippen LogP contribution in [0.2, 0.25) is 0 Å². The van der Waals surface area contributed by atoms with E-state index in [9.17, 15) is 4.79 Å². The molecule has 4 heteroatoms. The molecular weight excluding hydrogens is 272 g/mol. The van der Waals surface area contributed by atoms with Gasteiger partial charge in [-0.3, -0.25) is 0 Å². The van der Waals surface area contributed by atoms with Gasteiger partial charge in [-0.15, -0.1) is 0 Å². The third-order valence-corrected chi connectivity index (χ3v) is 2.88. The van der Waals surface area contributed by atoms with E-state index in [0.717, 1.165) is 10.0 Å². The molecule has 0 heterocycles. The average Bonchev–Trinajstić information content (AvgIpc) is 2.34. The Morgan fingerprint density at radius 2 is 1.81 bits per heavy atom. The Morgan fingerprint density at radius 3 is 2.25 bits per heavy atom.